The van der Waals surface area contributed by atoms with E-state index in [1.54, 1.807) is 6.07 Å². The molecule has 7 N–H and O–H groups in total. The first-order valence-electron chi connectivity index (χ1n) is 13.5. The van der Waals surface area contributed by atoms with Gasteiger partial charge in [0.05, 0.1) is 37.7 Å². The maximum Gasteiger partial charge on any atom is 0.280 e. The Morgan fingerprint density at radius 2 is 1.62 bits per heavy atom. The molecule has 0 saturated carbocycles. The highest BCUT2D eigenvalue weighted by Gasteiger charge is 2.52. The topological polar surface area (TPSA) is 267 Å². The van der Waals surface area contributed by atoms with E-state index in [4.69, 9.17) is 49.6 Å². The molecule has 4 radical (unpaired) electrons. The van der Waals surface area contributed by atoms with Gasteiger partial charge in [-0.15, -0.1) is 0 Å². The first kappa shape index (κ1) is 30.5. The van der Waals surface area contributed by atoms with Crippen LogP contribution in [0, 0.1) is 5.92 Å². The number of H-pyrrole nitrogens is 1. The van der Waals surface area contributed by atoms with Gasteiger partial charge in [-0.2, -0.15) is 4.98 Å². The molecule has 3 saturated heterocycles. The number of pyridine rings is 1. The van der Waals surface area contributed by atoms with Crippen molar-refractivity contribution in [3.8, 4) is 0 Å². The van der Waals surface area contributed by atoms with Crippen LogP contribution in [-0.4, -0.2) is 109 Å². The lowest BCUT2D eigenvalue weighted by atomic mass is 10.0. The summed E-state index contributed by atoms with van der Waals surface area (Å²) in [5.41, 5.74) is 12.0. The van der Waals surface area contributed by atoms with Gasteiger partial charge in [-0.3, -0.25) is 23.5 Å². The highest BCUT2D eigenvalue weighted by atomic mass is 31.2. The van der Waals surface area contributed by atoms with Crippen LogP contribution in [0.3, 0.4) is 0 Å². The van der Waals surface area contributed by atoms with Gasteiger partial charge in [0.15, 0.2) is 23.0 Å². The Kier molecular flexibility index (Phi) is 7.46. The smallest absolute Gasteiger partial charge is 0.280 e. The number of rotatable bonds is 2. The van der Waals surface area contributed by atoms with Crippen molar-refractivity contribution in [2.24, 2.45) is 5.92 Å². The molecular weight excluding hydrogens is 634 g/mol. The predicted molar refractivity (Wildman–Crippen MR) is 156 cm³/mol. The van der Waals surface area contributed by atoms with Crippen molar-refractivity contribution in [3.05, 3.63) is 35.3 Å². The summed E-state index contributed by atoms with van der Waals surface area (Å²) in [7, 11) is 3.51. The van der Waals surface area contributed by atoms with Crippen molar-refractivity contribution in [2.45, 2.75) is 43.0 Å². The minimum absolute atomic E-state index is 0.0206. The number of nitrogens with two attached hydrogens (primary N) is 2. The average molecular weight is 659 g/mol. The van der Waals surface area contributed by atoms with Gasteiger partial charge in [0.1, 0.15) is 43.4 Å². The van der Waals surface area contributed by atoms with Crippen LogP contribution in [0.25, 0.3) is 22.3 Å². The molecule has 2 bridgehead atoms. The number of aromatic nitrogens is 7. The molecule has 3 fully saturated rings. The lowest BCUT2D eigenvalue weighted by Crippen LogP contribution is -2.36. The second kappa shape index (κ2) is 11.0. The number of anilines is 2. The molecule has 23 heteroatoms. The summed E-state index contributed by atoms with van der Waals surface area (Å²) in [6.45, 7) is -1.08. The SMILES string of the molecule is [B]P1(=O)C[C@@H]2[C@H](O)[C@@H](COP([B])(=O)O[C@H]3[C@@H](O)[C@H](n4cnc5c(N)ccnc54)O[C@@H]3CO1)O[C@H]2n1cnc2c(=O)[nH]c(N)nc21. The number of nitrogen functional groups attached to an aromatic ring is 2. The van der Waals surface area contributed by atoms with Gasteiger partial charge in [0, 0.05) is 18.3 Å². The van der Waals surface area contributed by atoms with Crippen LogP contribution in [0.1, 0.15) is 12.5 Å². The Morgan fingerprint density at radius 3 is 2.40 bits per heavy atom. The number of nitrogens with zero attached hydrogens (tertiary/aromatic N) is 6. The average Bonchev–Trinajstić information content (AvgIpc) is 3.72. The number of ether oxygens (including phenoxy) is 2. The molecule has 234 valence electrons. The Balaban J connectivity index is 1.21. The van der Waals surface area contributed by atoms with Gasteiger partial charge in [-0.25, -0.2) is 15.0 Å². The van der Waals surface area contributed by atoms with Gasteiger partial charge in [0.2, 0.25) is 21.1 Å². The first-order valence-corrected chi connectivity index (χ1v) is 17.0. The number of aliphatic hydroxyl groups excluding tert-OH is 2. The van der Waals surface area contributed by atoms with Crippen LogP contribution in [0.15, 0.2) is 29.7 Å². The highest BCUT2D eigenvalue weighted by molar-refractivity contribution is 7.83. The Hall–Kier alpha value is -3.12. The summed E-state index contributed by atoms with van der Waals surface area (Å²) in [5, 5.41) is 22.5. The van der Waals surface area contributed by atoms with Gasteiger partial charge in [0.25, 0.3) is 13.0 Å². The van der Waals surface area contributed by atoms with Crippen LogP contribution in [0.2, 0.25) is 0 Å². The monoisotopic (exact) mass is 659 g/mol. The fourth-order valence-corrected chi connectivity index (χ4v) is 8.32. The molecule has 4 aromatic rings. The van der Waals surface area contributed by atoms with E-state index < -0.39 is 88.6 Å². The normalized spacial score (nSPS) is 37.6. The highest BCUT2D eigenvalue weighted by Crippen LogP contribution is 2.53. The molecule has 10 atom stereocenters. The van der Waals surface area contributed by atoms with Gasteiger partial charge < -0.3 is 49.3 Å². The number of imidazole rings is 2. The molecule has 3 aliphatic heterocycles. The molecule has 7 rings (SSSR count). The van der Waals surface area contributed by atoms with Crippen LogP contribution in [0.5, 0.6) is 0 Å². The van der Waals surface area contributed by atoms with Gasteiger partial charge >= 0.3 is 0 Å². The number of fused-ring (bicyclic) bond motifs is 5. The molecule has 4 aromatic heterocycles. The second-order valence-electron chi connectivity index (χ2n) is 10.9. The van der Waals surface area contributed by atoms with E-state index in [1.165, 1.54) is 28.0 Å². The molecule has 0 amide bonds. The van der Waals surface area contributed by atoms with Crippen LogP contribution < -0.4 is 17.0 Å². The van der Waals surface area contributed by atoms with E-state index in [-0.39, 0.29) is 22.8 Å². The number of aromatic amines is 1. The van der Waals surface area contributed by atoms with Gasteiger partial charge in [-0.05, 0) is 6.07 Å². The zero-order chi connectivity index (χ0) is 31.8. The summed E-state index contributed by atoms with van der Waals surface area (Å²) in [6.07, 6.45) is -5.53. The zero-order valence-electron chi connectivity index (χ0n) is 23.1. The third-order valence-electron chi connectivity index (χ3n) is 7.91. The number of hydrogen-bond acceptors (Lipinski definition) is 16. The molecule has 7 heterocycles. The largest absolute Gasteiger partial charge is 0.397 e. The maximum absolute atomic E-state index is 13.7. The number of nitrogens with one attached hydrogen (secondary N) is 1. The summed E-state index contributed by atoms with van der Waals surface area (Å²) in [5.74, 6) is -1.24. The number of hydrogen-bond donors (Lipinski definition) is 5. The lowest BCUT2D eigenvalue weighted by molar-refractivity contribution is -0.0494. The van der Waals surface area contributed by atoms with Crippen molar-refractivity contribution in [1.82, 2.24) is 34.1 Å². The summed E-state index contributed by atoms with van der Waals surface area (Å²) in [4.78, 5) is 31.3. The minimum Gasteiger partial charge on any atom is -0.397 e. The molecule has 0 aliphatic carbocycles. The molecule has 19 nitrogen and oxygen atoms in total. The molecule has 2 unspecified atom stereocenters. The van der Waals surface area contributed by atoms with E-state index in [0.29, 0.717) is 11.2 Å². The van der Waals surface area contributed by atoms with Crippen molar-refractivity contribution < 1.29 is 42.4 Å². The fraction of sp³-hybridized carbons (Fsp3) is 0.500. The minimum atomic E-state index is -4.48. The Morgan fingerprint density at radius 1 is 0.933 bits per heavy atom. The number of aliphatic hydroxyl groups is 2. The van der Waals surface area contributed by atoms with E-state index in [0.717, 1.165) is 0 Å². The van der Waals surface area contributed by atoms with Crippen molar-refractivity contribution in [2.75, 3.05) is 30.8 Å². The van der Waals surface area contributed by atoms with Crippen molar-refractivity contribution >= 4 is 63.8 Å². The Bertz CT molecular complexity index is 1940. The molecule has 0 aromatic carbocycles. The third kappa shape index (κ3) is 5.41. The molecular formula is C22H25B2N9O10P2. The quantitative estimate of drug-likeness (QED) is 0.127. The van der Waals surface area contributed by atoms with E-state index in [2.05, 4.69) is 24.9 Å². The van der Waals surface area contributed by atoms with Crippen LogP contribution in [-0.2, 0) is 32.2 Å². The predicted octanol–water partition coefficient (Wildman–Crippen LogP) is -1.07. The fourth-order valence-electron chi connectivity index (χ4n) is 5.82. The standard InChI is InChI=1S/C22H25B2N9O10P2/c23-44(37)5-8-14(34)10(41-20(8)33-7-29-13-18(33)30-22(26)31-19(13)36)3-40-45(24,38)43-16-11(4-39-44)42-21(15(16)35)32-6-28-12-9(25)1-2-27-17(12)32/h1-2,6-8,10-11,14-16,20-21,34-35H,3-5H2,(H2,25,27)(H3,26,30,31,36)/t8-,10-,11-,14+,15-,16-,20-,21-,44?,45?/m1/s1. The van der Waals surface area contributed by atoms with Crippen LogP contribution in [0.4, 0.5) is 11.6 Å². The maximum atomic E-state index is 13.7. The van der Waals surface area contributed by atoms with E-state index >= 15 is 0 Å². The zero-order valence-corrected chi connectivity index (χ0v) is 24.9. The molecule has 0 spiro atoms. The van der Waals surface area contributed by atoms with E-state index in [9.17, 15) is 24.1 Å². The van der Waals surface area contributed by atoms with Gasteiger partial charge in [-0.1, -0.05) is 0 Å². The summed E-state index contributed by atoms with van der Waals surface area (Å²) < 4.78 is 58.4. The summed E-state index contributed by atoms with van der Waals surface area (Å²) in [6, 6.07) is 1.55. The van der Waals surface area contributed by atoms with Crippen LogP contribution >= 0.6 is 14.7 Å². The molecule has 3 aliphatic rings. The first-order chi connectivity index (χ1) is 21.3. The van der Waals surface area contributed by atoms with Crippen molar-refractivity contribution in [3.63, 3.8) is 0 Å². The van der Waals surface area contributed by atoms with E-state index in [1.807, 2.05) is 0 Å². The third-order valence-corrected chi connectivity index (χ3v) is 10.5. The lowest BCUT2D eigenvalue weighted by Gasteiger charge is -2.27. The van der Waals surface area contributed by atoms with Crippen molar-refractivity contribution in [1.29, 1.82) is 0 Å². The Labute approximate surface area is 255 Å². The molecule has 45 heavy (non-hydrogen) atoms. The second-order valence-corrected chi connectivity index (χ2v) is 14.5. The summed E-state index contributed by atoms with van der Waals surface area (Å²) >= 11 is 0.